The van der Waals surface area contributed by atoms with Gasteiger partial charge in [0, 0.05) is 32.2 Å². The third-order valence-corrected chi connectivity index (χ3v) is 5.66. The van der Waals surface area contributed by atoms with Crippen LogP contribution in [0.3, 0.4) is 0 Å². The highest BCUT2D eigenvalue weighted by Gasteiger charge is 2.50. The topological polar surface area (TPSA) is 194 Å². The first-order valence-electron chi connectivity index (χ1n) is 12.9. The molecule has 2 rings (SSSR count). The third-order valence-electron chi connectivity index (χ3n) is 5.66. The summed E-state index contributed by atoms with van der Waals surface area (Å²) in [6.45, 7) is 4.41. The maximum Gasteiger partial charge on any atom is 0.303 e. The third kappa shape index (κ3) is 10.0. The molecule has 1 N–H and O–H groups in total. The number of amides is 1. The Morgan fingerprint density at radius 1 is 0.795 bits per heavy atom. The Morgan fingerprint density at radius 3 is 1.84 bits per heavy atom. The first-order valence-corrected chi connectivity index (χ1v) is 12.9. The highest BCUT2D eigenvalue weighted by molar-refractivity contribution is 5.95. The van der Waals surface area contributed by atoms with E-state index in [0.29, 0.717) is 0 Å². The van der Waals surface area contributed by atoms with Crippen LogP contribution in [-0.4, -0.2) is 94.1 Å². The van der Waals surface area contributed by atoms with Crippen molar-refractivity contribution in [1.82, 2.24) is 5.32 Å². The lowest BCUT2D eigenvalue weighted by atomic mass is 9.99. The van der Waals surface area contributed by atoms with Gasteiger partial charge in [0.15, 0.2) is 47.9 Å². The second-order valence-corrected chi connectivity index (χ2v) is 8.95. The zero-order chi connectivity index (χ0) is 33.0. The van der Waals surface area contributed by atoms with Gasteiger partial charge >= 0.3 is 17.9 Å². The fraction of sp³-hybridized carbons (Fsp3) is 0.600. The Morgan fingerprint density at radius 2 is 1.30 bits per heavy atom. The number of hydrogen-bond donors (Lipinski definition) is 1. The Bertz CT molecular complexity index is 1240. The number of azide groups is 1. The second-order valence-electron chi connectivity index (χ2n) is 8.95. The van der Waals surface area contributed by atoms with Crippen molar-refractivity contribution >= 4 is 29.5 Å². The fourth-order valence-corrected chi connectivity index (χ4v) is 3.93. The van der Waals surface area contributed by atoms with Crippen LogP contribution in [0.15, 0.2) is 5.11 Å². The molecule has 1 aliphatic rings. The Labute approximate surface area is 247 Å². The highest BCUT2D eigenvalue weighted by atomic mass is 19.2. The molecular weight excluding hydrogens is 608 g/mol. The van der Waals surface area contributed by atoms with E-state index >= 15 is 0 Å². The van der Waals surface area contributed by atoms with Crippen molar-refractivity contribution in [3.05, 3.63) is 39.3 Å². The minimum atomic E-state index is -2.03. The van der Waals surface area contributed by atoms with Crippen molar-refractivity contribution in [3.63, 3.8) is 0 Å². The lowest BCUT2D eigenvalue weighted by molar-refractivity contribution is -0.302. The number of hydrogen-bond acceptors (Lipinski definition) is 12. The molecule has 244 valence electrons. The average molecular weight is 639 g/mol. The summed E-state index contributed by atoms with van der Waals surface area (Å²) >= 11 is 0. The van der Waals surface area contributed by atoms with Crippen LogP contribution in [0.1, 0.15) is 38.1 Å². The quantitative estimate of drug-likeness (QED) is 0.0434. The molecule has 0 bridgehead atoms. The van der Waals surface area contributed by atoms with E-state index in [1.807, 2.05) is 5.32 Å². The molecule has 3 unspecified atom stereocenters. The molecule has 1 aromatic rings. The molecule has 0 aliphatic carbocycles. The summed E-state index contributed by atoms with van der Waals surface area (Å²) in [6.07, 6.45) is -5.58. The van der Waals surface area contributed by atoms with Crippen molar-refractivity contribution in [3.8, 4) is 0 Å². The SMILES string of the molecule is CC(=O)OC1C(OC(C)=O)[C@H](C)OC(OCCOCCOCCNC(=O)c2c(F)c(F)c(N=[N+]=[N-])c(F)c2F)[C@H]1OC(C)=O. The monoisotopic (exact) mass is 638 g/mol. The second kappa shape index (κ2) is 17.3. The standard InChI is InChI=1S/C25H30F4N4O11/c1-11-21(42-12(2)34)22(43-13(3)35)23(44-14(4)36)25(41-11)40-10-9-39-8-7-38-6-5-31-24(37)15-16(26)18(28)20(32-33-30)19(29)17(15)27/h11,21-23,25H,5-10H2,1-4H3,(H,31,37)/t11-,21?,22?,23-,25?/m0/s1. The van der Waals surface area contributed by atoms with Crippen LogP contribution in [0.2, 0.25) is 0 Å². The van der Waals surface area contributed by atoms with Crippen molar-refractivity contribution in [2.24, 2.45) is 5.11 Å². The van der Waals surface area contributed by atoms with E-state index in [1.165, 1.54) is 0 Å². The van der Waals surface area contributed by atoms with Gasteiger partial charge < -0.3 is 38.5 Å². The predicted octanol–water partition coefficient (Wildman–Crippen LogP) is 2.50. The van der Waals surface area contributed by atoms with E-state index < -0.39 is 89.0 Å². The van der Waals surface area contributed by atoms with Gasteiger partial charge in [-0.25, -0.2) is 17.6 Å². The van der Waals surface area contributed by atoms with Crippen LogP contribution in [0.25, 0.3) is 10.4 Å². The molecule has 0 spiro atoms. The van der Waals surface area contributed by atoms with Gasteiger partial charge in [-0.3, -0.25) is 19.2 Å². The summed E-state index contributed by atoms with van der Waals surface area (Å²) in [4.78, 5) is 49.0. The summed E-state index contributed by atoms with van der Waals surface area (Å²) in [7, 11) is 0. The molecule has 19 heteroatoms. The molecule has 1 saturated heterocycles. The van der Waals surface area contributed by atoms with Crippen LogP contribution in [-0.2, 0) is 47.5 Å². The molecule has 0 radical (unpaired) electrons. The highest BCUT2D eigenvalue weighted by Crippen LogP contribution is 2.31. The van der Waals surface area contributed by atoms with Crippen molar-refractivity contribution in [1.29, 1.82) is 0 Å². The molecule has 0 saturated carbocycles. The number of nitrogens with zero attached hydrogens (tertiary/aromatic N) is 3. The first-order chi connectivity index (χ1) is 20.8. The molecule has 1 aliphatic heterocycles. The van der Waals surface area contributed by atoms with E-state index in [0.717, 1.165) is 20.8 Å². The molecule has 0 aromatic heterocycles. The number of esters is 3. The maximum atomic E-state index is 14.0. The van der Waals surface area contributed by atoms with Crippen molar-refractivity contribution in [2.45, 2.75) is 58.4 Å². The van der Waals surface area contributed by atoms with Gasteiger partial charge in [-0.15, -0.1) is 0 Å². The number of benzene rings is 1. The number of carbonyl (C=O) groups is 4. The van der Waals surface area contributed by atoms with Crippen LogP contribution in [0.4, 0.5) is 23.2 Å². The normalized spacial score (nSPS) is 21.1. The van der Waals surface area contributed by atoms with Gasteiger partial charge in [-0.1, -0.05) is 5.11 Å². The van der Waals surface area contributed by atoms with Crippen LogP contribution < -0.4 is 5.32 Å². The van der Waals surface area contributed by atoms with E-state index in [1.54, 1.807) is 6.92 Å². The Balaban J connectivity index is 1.78. The van der Waals surface area contributed by atoms with Gasteiger partial charge in [0.2, 0.25) is 0 Å². The van der Waals surface area contributed by atoms with Gasteiger partial charge in [-0.2, -0.15) is 0 Å². The molecular formula is C25H30F4N4O11. The summed E-state index contributed by atoms with van der Waals surface area (Å²) in [5.41, 5.74) is 5.18. The van der Waals surface area contributed by atoms with E-state index in [2.05, 4.69) is 10.0 Å². The minimum absolute atomic E-state index is 0.00562. The van der Waals surface area contributed by atoms with E-state index in [9.17, 15) is 36.7 Å². The van der Waals surface area contributed by atoms with E-state index in [4.69, 9.17) is 38.7 Å². The summed E-state index contributed by atoms with van der Waals surface area (Å²) in [5.74, 6) is -11.7. The number of ether oxygens (including phenoxy) is 7. The molecule has 1 heterocycles. The summed E-state index contributed by atoms with van der Waals surface area (Å²) < 4.78 is 93.4. The fourth-order valence-electron chi connectivity index (χ4n) is 3.93. The molecule has 15 nitrogen and oxygen atoms in total. The number of nitrogens with one attached hydrogen (secondary N) is 1. The molecule has 1 fully saturated rings. The Hall–Kier alpha value is -4.03. The molecule has 1 amide bonds. The van der Waals surface area contributed by atoms with Gasteiger partial charge in [0.25, 0.3) is 5.91 Å². The van der Waals surface area contributed by atoms with Gasteiger partial charge in [-0.05, 0) is 12.5 Å². The predicted molar refractivity (Wildman–Crippen MR) is 136 cm³/mol. The molecule has 5 atom stereocenters. The summed E-state index contributed by atoms with van der Waals surface area (Å²) in [6, 6.07) is 0. The average Bonchev–Trinajstić information content (AvgIpc) is 2.94. The molecule has 44 heavy (non-hydrogen) atoms. The lowest BCUT2D eigenvalue weighted by Gasteiger charge is -2.43. The van der Waals surface area contributed by atoms with Crippen molar-refractivity contribution in [2.75, 3.05) is 39.6 Å². The van der Waals surface area contributed by atoms with Gasteiger partial charge in [0.05, 0.1) is 39.1 Å². The van der Waals surface area contributed by atoms with Crippen LogP contribution >= 0.6 is 0 Å². The lowest BCUT2D eigenvalue weighted by Crippen LogP contribution is -2.61. The summed E-state index contributed by atoms with van der Waals surface area (Å²) in [5, 5.41) is 4.57. The largest absolute Gasteiger partial charge is 0.456 e. The number of halogens is 4. The zero-order valence-corrected chi connectivity index (χ0v) is 24.0. The maximum absolute atomic E-state index is 14.0. The zero-order valence-electron chi connectivity index (χ0n) is 24.0. The Kier molecular flexibility index (Phi) is 14.2. The van der Waals surface area contributed by atoms with Crippen LogP contribution in [0.5, 0.6) is 0 Å². The van der Waals surface area contributed by atoms with Crippen LogP contribution in [0, 0.1) is 23.3 Å². The first kappa shape index (κ1) is 36.2. The smallest absolute Gasteiger partial charge is 0.303 e. The minimum Gasteiger partial charge on any atom is -0.456 e. The number of rotatable bonds is 15. The molecule has 1 aromatic carbocycles. The van der Waals surface area contributed by atoms with Gasteiger partial charge in [0.1, 0.15) is 11.3 Å². The number of carbonyl (C=O) groups excluding carboxylic acids is 4. The van der Waals surface area contributed by atoms with E-state index in [-0.39, 0.29) is 39.6 Å². The van der Waals surface area contributed by atoms with Crippen molar-refractivity contribution < 1.29 is 69.9 Å².